The van der Waals surface area contributed by atoms with E-state index >= 15 is 0 Å². The van der Waals surface area contributed by atoms with Crippen molar-refractivity contribution < 1.29 is 19.5 Å². The Bertz CT molecular complexity index is 901. The van der Waals surface area contributed by atoms with E-state index in [0.29, 0.717) is 10.6 Å². The second-order valence-electron chi connectivity index (χ2n) is 8.83. The van der Waals surface area contributed by atoms with Gasteiger partial charge in [0.25, 0.3) is 5.91 Å². The predicted molar refractivity (Wildman–Crippen MR) is 110 cm³/mol. The molecule has 0 aliphatic heterocycles. The molecule has 5 aliphatic rings. The highest BCUT2D eigenvalue weighted by atomic mass is 32.1. The molecule has 29 heavy (non-hydrogen) atoms. The van der Waals surface area contributed by atoms with Gasteiger partial charge in [-0.05, 0) is 68.8 Å². The van der Waals surface area contributed by atoms with Gasteiger partial charge in [0.1, 0.15) is 5.00 Å². The molecular weight excluding hydrogens is 388 g/mol. The lowest BCUT2D eigenvalue weighted by Crippen LogP contribution is -2.47. The number of fused-ring (bicyclic) bond motifs is 3. The Kier molecular flexibility index (Phi) is 4.73. The molecule has 5 aliphatic carbocycles. The third kappa shape index (κ3) is 3.39. The largest absolute Gasteiger partial charge is 0.481 e. The molecular formula is C22H26N2O4S. The fourth-order valence-corrected chi connectivity index (χ4v) is 6.55. The summed E-state index contributed by atoms with van der Waals surface area (Å²) in [6, 6.07) is 0.251. The summed E-state index contributed by atoms with van der Waals surface area (Å²) in [4.78, 5) is 39.3. The molecule has 2 bridgehead atoms. The lowest BCUT2D eigenvalue weighted by Gasteiger charge is -2.41. The molecule has 6 nitrogen and oxygen atoms in total. The quantitative estimate of drug-likeness (QED) is 0.644. The topological polar surface area (TPSA) is 95.5 Å². The van der Waals surface area contributed by atoms with Crippen molar-refractivity contribution >= 4 is 34.1 Å². The number of carboxylic acid groups (broad SMARTS) is 1. The Morgan fingerprint density at radius 1 is 0.966 bits per heavy atom. The second kappa shape index (κ2) is 7.27. The lowest BCUT2D eigenvalue weighted by molar-refractivity contribution is -0.151. The monoisotopic (exact) mass is 414 g/mol. The Morgan fingerprint density at radius 2 is 1.66 bits per heavy atom. The van der Waals surface area contributed by atoms with E-state index in [0.717, 1.165) is 56.9 Å². The molecule has 1 aromatic rings. The molecule has 7 heteroatoms. The molecule has 2 fully saturated rings. The third-order valence-corrected chi connectivity index (χ3v) is 8.09. The van der Waals surface area contributed by atoms with Gasteiger partial charge < -0.3 is 15.7 Å². The highest BCUT2D eigenvalue weighted by Gasteiger charge is 2.48. The van der Waals surface area contributed by atoms with Crippen molar-refractivity contribution in [2.45, 2.75) is 57.4 Å². The number of carbonyl (C=O) groups is 3. The van der Waals surface area contributed by atoms with E-state index < -0.39 is 17.8 Å². The van der Waals surface area contributed by atoms with Crippen LogP contribution in [-0.4, -0.2) is 28.9 Å². The van der Waals surface area contributed by atoms with Gasteiger partial charge in [-0.15, -0.1) is 11.3 Å². The summed E-state index contributed by atoms with van der Waals surface area (Å²) in [7, 11) is 0. The first-order valence-electron chi connectivity index (χ1n) is 10.7. The van der Waals surface area contributed by atoms with Gasteiger partial charge in [0.2, 0.25) is 5.91 Å². The molecule has 0 saturated heterocycles. The summed E-state index contributed by atoms with van der Waals surface area (Å²) in [5.74, 6) is -2.63. The average molecular weight is 415 g/mol. The van der Waals surface area contributed by atoms with Crippen LogP contribution in [0.15, 0.2) is 12.2 Å². The van der Waals surface area contributed by atoms with Crippen LogP contribution >= 0.6 is 11.3 Å². The number of hydrogen-bond donors (Lipinski definition) is 3. The van der Waals surface area contributed by atoms with Crippen LogP contribution in [0.25, 0.3) is 0 Å². The maximum atomic E-state index is 13.3. The van der Waals surface area contributed by atoms with E-state index in [1.54, 1.807) is 0 Å². The van der Waals surface area contributed by atoms with Gasteiger partial charge in [-0.25, -0.2) is 0 Å². The van der Waals surface area contributed by atoms with Crippen LogP contribution in [0.4, 0.5) is 5.00 Å². The highest BCUT2D eigenvalue weighted by molar-refractivity contribution is 7.17. The molecule has 2 saturated carbocycles. The normalized spacial score (nSPS) is 29.9. The smallest absolute Gasteiger partial charge is 0.307 e. The number of aliphatic carboxylic acids is 1. The third-order valence-electron chi connectivity index (χ3n) is 6.88. The first-order chi connectivity index (χ1) is 14.0. The molecule has 1 aromatic heterocycles. The van der Waals surface area contributed by atoms with Crippen molar-refractivity contribution in [1.82, 2.24) is 5.32 Å². The van der Waals surface area contributed by atoms with Gasteiger partial charge in [-0.1, -0.05) is 12.2 Å². The SMILES string of the molecule is O=C(NC1CC1)c1c(NC(=O)[C@@H]2[C@@H](C(=O)O)[C@H]3C=C[C@H]2CC3)sc2c1CCCC2. The number of rotatable bonds is 5. The van der Waals surface area contributed by atoms with E-state index in [2.05, 4.69) is 10.6 Å². The van der Waals surface area contributed by atoms with Gasteiger partial charge in [0.15, 0.2) is 0 Å². The number of anilines is 1. The summed E-state index contributed by atoms with van der Waals surface area (Å²) in [5.41, 5.74) is 1.70. The number of allylic oxidation sites excluding steroid dienone is 2. The molecule has 2 amide bonds. The van der Waals surface area contributed by atoms with Crippen molar-refractivity contribution in [2.24, 2.45) is 23.7 Å². The lowest BCUT2D eigenvalue weighted by atomic mass is 9.62. The zero-order valence-electron chi connectivity index (χ0n) is 16.3. The fourth-order valence-electron chi connectivity index (χ4n) is 5.26. The minimum atomic E-state index is -0.902. The molecule has 3 N–H and O–H groups in total. The number of aryl methyl sites for hydroxylation is 1. The molecule has 0 unspecified atom stereocenters. The van der Waals surface area contributed by atoms with Crippen LogP contribution in [0.3, 0.4) is 0 Å². The maximum Gasteiger partial charge on any atom is 0.307 e. The number of thiophene rings is 1. The Morgan fingerprint density at radius 3 is 2.31 bits per heavy atom. The van der Waals surface area contributed by atoms with Crippen molar-refractivity contribution in [3.63, 3.8) is 0 Å². The molecule has 6 rings (SSSR count). The second-order valence-corrected chi connectivity index (χ2v) is 9.94. The maximum absolute atomic E-state index is 13.3. The summed E-state index contributed by atoms with van der Waals surface area (Å²) >= 11 is 1.50. The summed E-state index contributed by atoms with van der Waals surface area (Å²) in [6.45, 7) is 0. The molecule has 1 heterocycles. The first kappa shape index (κ1) is 18.9. The zero-order chi connectivity index (χ0) is 20.1. The van der Waals surface area contributed by atoms with Crippen molar-refractivity contribution in [1.29, 1.82) is 0 Å². The van der Waals surface area contributed by atoms with Crippen LogP contribution < -0.4 is 10.6 Å². The average Bonchev–Trinajstić information content (AvgIpc) is 3.45. The number of hydrogen-bond acceptors (Lipinski definition) is 4. The van der Waals surface area contributed by atoms with E-state index in [1.165, 1.54) is 16.2 Å². The summed E-state index contributed by atoms with van der Waals surface area (Å²) in [5, 5.41) is 16.4. The Hall–Kier alpha value is -2.15. The van der Waals surface area contributed by atoms with Gasteiger partial charge in [-0.2, -0.15) is 0 Å². The number of carboxylic acids is 1. The van der Waals surface area contributed by atoms with Gasteiger partial charge in [0.05, 0.1) is 17.4 Å². The van der Waals surface area contributed by atoms with Crippen molar-refractivity contribution in [2.75, 3.05) is 5.32 Å². The van der Waals surface area contributed by atoms with Crippen molar-refractivity contribution in [3.05, 3.63) is 28.2 Å². The molecule has 0 aromatic carbocycles. The standard InChI is InChI=1S/C22H26N2O4S/c25-19(16-11-5-7-12(8-6-11)17(16)22(27)28)24-21-18(20(26)23-13-9-10-13)14-3-1-2-4-15(14)29-21/h5,7,11-13,16-17H,1-4,6,8-10H2,(H,23,26)(H,24,25)(H,27,28)/t11-,12-,16-,17-/m0/s1. The minimum absolute atomic E-state index is 0.0422. The summed E-state index contributed by atoms with van der Waals surface area (Å²) in [6.07, 6.45) is 11.6. The number of nitrogens with one attached hydrogen (secondary N) is 2. The molecule has 0 radical (unpaired) electrons. The first-order valence-corrected chi connectivity index (χ1v) is 11.5. The van der Waals surface area contributed by atoms with Crippen LogP contribution in [0.1, 0.15) is 59.3 Å². The fraction of sp³-hybridized carbons (Fsp3) is 0.591. The van der Waals surface area contributed by atoms with E-state index in [9.17, 15) is 19.5 Å². The minimum Gasteiger partial charge on any atom is -0.481 e. The van der Waals surface area contributed by atoms with Crippen LogP contribution in [0.2, 0.25) is 0 Å². The molecule has 0 spiro atoms. The van der Waals surface area contributed by atoms with E-state index in [1.807, 2.05) is 12.2 Å². The highest BCUT2D eigenvalue weighted by Crippen LogP contribution is 2.46. The Labute approximate surface area is 173 Å². The number of carbonyl (C=O) groups excluding carboxylic acids is 2. The van der Waals surface area contributed by atoms with Crippen LogP contribution in [-0.2, 0) is 22.4 Å². The zero-order valence-corrected chi connectivity index (χ0v) is 17.1. The molecule has 4 atom stereocenters. The van der Waals surface area contributed by atoms with Crippen molar-refractivity contribution in [3.8, 4) is 0 Å². The molecule has 154 valence electrons. The van der Waals surface area contributed by atoms with Gasteiger partial charge in [-0.3, -0.25) is 14.4 Å². The van der Waals surface area contributed by atoms with E-state index in [-0.39, 0.29) is 29.7 Å². The predicted octanol–water partition coefficient (Wildman–Crippen LogP) is 3.37. The van der Waals surface area contributed by atoms with Crippen LogP contribution in [0, 0.1) is 23.7 Å². The van der Waals surface area contributed by atoms with Gasteiger partial charge >= 0.3 is 5.97 Å². The number of amides is 2. The summed E-state index contributed by atoms with van der Waals surface area (Å²) < 4.78 is 0. The van der Waals surface area contributed by atoms with Crippen LogP contribution in [0.5, 0.6) is 0 Å². The van der Waals surface area contributed by atoms with E-state index in [4.69, 9.17) is 0 Å². The Balaban J connectivity index is 1.44. The van der Waals surface area contributed by atoms with Gasteiger partial charge in [0, 0.05) is 10.9 Å².